The lowest BCUT2D eigenvalue weighted by atomic mass is 9.95. The Balaban J connectivity index is 2.07. The predicted octanol–water partition coefficient (Wildman–Crippen LogP) is 4.49. The predicted molar refractivity (Wildman–Crippen MR) is 107 cm³/mol. The molecule has 3 rings (SSSR count). The van der Waals surface area contributed by atoms with Crippen LogP contribution in [-0.2, 0) is 17.1 Å². The zero-order valence-electron chi connectivity index (χ0n) is 15.8. The van der Waals surface area contributed by atoms with Gasteiger partial charge in [-0.25, -0.2) is 8.42 Å². The normalized spacial score (nSPS) is 11.8. The molecule has 1 aromatic carbocycles. The molecule has 0 aliphatic carbocycles. The van der Waals surface area contributed by atoms with E-state index in [-0.39, 0.29) is 0 Å². The van der Waals surface area contributed by atoms with Crippen LogP contribution in [0.15, 0.2) is 28.5 Å². The summed E-state index contributed by atoms with van der Waals surface area (Å²) in [5.41, 5.74) is 5.50. The van der Waals surface area contributed by atoms with Crippen molar-refractivity contribution >= 4 is 27.2 Å². The molecule has 0 aliphatic rings. The standard InChI is InChI=1S/C19H23N3O2S2/c1-11-12(2)14(4)19(15(5)13(11)3)26(23,24)21-18-10-16(20-22(18)6)17-8-7-9-25-17/h7-10,21H,1-6H3. The first-order valence-electron chi connectivity index (χ1n) is 8.31. The van der Waals surface area contributed by atoms with Gasteiger partial charge in [0.05, 0.1) is 9.77 Å². The number of aryl methyl sites for hydroxylation is 1. The summed E-state index contributed by atoms with van der Waals surface area (Å²) >= 11 is 1.57. The number of hydrogen-bond acceptors (Lipinski definition) is 4. The number of sulfonamides is 1. The SMILES string of the molecule is Cc1c(C)c(C)c(S(=O)(=O)Nc2cc(-c3cccs3)nn2C)c(C)c1C. The molecule has 0 amide bonds. The Bertz CT molecular complexity index is 1050. The second-order valence-electron chi connectivity index (χ2n) is 6.58. The summed E-state index contributed by atoms with van der Waals surface area (Å²) in [6.45, 7) is 9.69. The van der Waals surface area contributed by atoms with Crippen molar-refractivity contribution in [3.05, 3.63) is 51.4 Å². The maximum Gasteiger partial charge on any atom is 0.263 e. The van der Waals surface area contributed by atoms with E-state index in [0.717, 1.165) is 38.4 Å². The lowest BCUT2D eigenvalue weighted by molar-refractivity contribution is 0.598. The van der Waals surface area contributed by atoms with Crippen molar-refractivity contribution in [3.63, 3.8) is 0 Å². The van der Waals surface area contributed by atoms with Crippen molar-refractivity contribution in [1.82, 2.24) is 9.78 Å². The van der Waals surface area contributed by atoms with Crippen molar-refractivity contribution < 1.29 is 8.42 Å². The Kier molecular flexibility index (Phi) is 4.71. The molecular weight excluding hydrogens is 366 g/mol. The van der Waals surface area contributed by atoms with Gasteiger partial charge < -0.3 is 0 Å². The number of rotatable bonds is 4. The van der Waals surface area contributed by atoms with Crippen LogP contribution in [0.1, 0.15) is 27.8 Å². The smallest absolute Gasteiger partial charge is 0.263 e. The number of nitrogens with one attached hydrogen (secondary N) is 1. The first kappa shape index (κ1) is 18.7. The van der Waals surface area contributed by atoms with Crippen molar-refractivity contribution in [1.29, 1.82) is 0 Å². The molecule has 7 heteroatoms. The maximum atomic E-state index is 13.2. The Labute approximate surface area is 158 Å². The molecule has 3 aromatic rings. The van der Waals surface area contributed by atoms with Crippen LogP contribution in [-0.4, -0.2) is 18.2 Å². The lowest BCUT2D eigenvalue weighted by Gasteiger charge is -2.19. The van der Waals surface area contributed by atoms with E-state index in [2.05, 4.69) is 9.82 Å². The van der Waals surface area contributed by atoms with Crippen LogP contribution in [0.3, 0.4) is 0 Å². The van der Waals surface area contributed by atoms with Crippen molar-refractivity contribution in [2.75, 3.05) is 4.72 Å². The molecule has 0 bridgehead atoms. The van der Waals surface area contributed by atoms with Gasteiger partial charge in [-0.3, -0.25) is 9.40 Å². The number of hydrogen-bond donors (Lipinski definition) is 1. The Morgan fingerprint density at radius 3 is 2.12 bits per heavy atom. The third kappa shape index (κ3) is 3.05. The molecule has 138 valence electrons. The van der Waals surface area contributed by atoms with Crippen LogP contribution in [0.25, 0.3) is 10.6 Å². The summed E-state index contributed by atoms with van der Waals surface area (Å²) in [5.74, 6) is 0.447. The van der Waals surface area contributed by atoms with Gasteiger partial charge in [-0.15, -0.1) is 11.3 Å². The lowest BCUT2D eigenvalue weighted by Crippen LogP contribution is -2.19. The molecular formula is C19H23N3O2S2. The number of anilines is 1. The second-order valence-corrected chi connectivity index (χ2v) is 9.14. The fraction of sp³-hybridized carbons (Fsp3) is 0.316. The fourth-order valence-corrected chi connectivity index (χ4v) is 5.53. The highest BCUT2D eigenvalue weighted by molar-refractivity contribution is 7.92. The summed E-state index contributed by atoms with van der Waals surface area (Å²) in [4.78, 5) is 1.36. The second kappa shape index (κ2) is 6.55. The molecule has 0 aliphatic heterocycles. The first-order chi connectivity index (χ1) is 12.1. The van der Waals surface area contributed by atoms with Crippen molar-refractivity contribution in [2.45, 2.75) is 39.5 Å². The fourth-order valence-electron chi connectivity index (χ4n) is 3.16. The average Bonchev–Trinajstić information content (AvgIpc) is 3.21. The van der Waals surface area contributed by atoms with E-state index in [1.807, 2.05) is 52.1 Å². The molecule has 1 N–H and O–H groups in total. The van der Waals surface area contributed by atoms with E-state index in [4.69, 9.17) is 0 Å². The largest absolute Gasteiger partial charge is 0.264 e. The van der Waals surface area contributed by atoms with Crippen LogP contribution in [0, 0.1) is 34.6 Å². The molecule has 0 fully saturated rings. The molecule has 0 saturated heterocycles. The van der Waals surface area contributed by atoms with Gasteiger partial charge in [0.1, 0.15) is 11.5 Å². The average molecular weight is 390 g/mol. The molecule has 2 aromatic heterocycles. The Morgan fingerprint density at radius 2 is 1.58 bits per heavy atom. The summed E-state index contributed by atoms with van der Waals surface area (Å²) in [5, 5.41) is 6.40. The first-order valence-corrected chi connectivity index (χ1v) is 10.7. The van der Waals surface area contributed by atoms with Gasteiger partial charge in [0.15, 0.2) is 0 Å². The molecule has 5 nitrogen and oxygen atoms in total. The highest BCUT2D eigenvalue weighted by Gasteiger charge is 2.25. The van der Waals surface area contributed by atoms with E-state index in [9.17, 15) is 8.42 Å². The molecule has 26 heavy (non-hydrogen) atoms. The van der Waals surface area contributed by atoms with Gasteiger partial charge in [0, 0.05) is 13.1 Å². The maximum absolute atomic E-state index is 13.2. The topological polar surface area (TPSA) is 64.0 Å². The van der Waals surface area contributed by atoms with Crippen LogP contribution in [0.2, 0.25) is 0 Å². The Hall–Kier alpha value is -2.12. The van der Waals surface area contributed by atoms with Crippen molar-refractivity contribution in [3.8, 4) is 10.6 Å². The molecule has 0 unspecified atom stereocenters. The van der Waals surface area contributed by atoms with E-state index in [0.29, 0.717) is 10.7 Å². The number of aromatic nitrogens is 2. The van der Waals surface area contributed by atoms with E-state index < -0.39 is 10.0 Å². The Morgan fingerprint density at radius 1 is 1.00 bits per heavy atom. The third-order valence-corrected chi connectivity index (χ3v) is 7.61. The van der Waals surface area contributed by atoms with Crippen LogP contribution >= 0.6 is 11.3 Å². The summed E-state index contributed by atoms with van der Waals surface area (Å²) in [6, 6.07) is 5.68. The number of nitrogens with zero attached hydrogens (tertiary/aromatic N) is 2. The molecule has 0 atom stereocenters. The minimum absolute atomic E-state index is 0.358. The minimum atomic E-state index is -3.72. The van der Waals surface area contributed by atoms with E-state index in [1.54, 1.807) is 29.1 Å². The summed E-state index contributed by atoms with van der Waals surface area (Å²) in [7, 11) is -1.99. The molecule has 2 heterocycles. The molecule has 0 radical (unpaired) electrons. The van der Waals surface area contributed by atoms with Crippen molar-refractivity contribution in [2.24, 2.45) is 7.05 Å². The highest BCUT2D eigenvalue weighted by atomic mass is 32.2. The number of benzene rings is 1. The van der Waals surface area contributed by atoms with Crippen LogP contribution < -0.4 is 4.72 Å². The zero-order valence-corrected chi connectivity index (χ0v) is 17.5. The van der Waals surface area contributed by atoms with Crippen LogP contribution in [0.4, 0.5) is 5.82 Å². The van der Waals surface area contributed by atoms with Gasteiger partial charge in [-0.2, -0.15) is 5.10 Å². The summed E-state index contributed by atoms with van der Waals surface area (Å²) in [6.07, 6.45) is 0. The van der Waals surface area contributed by atoms with Crippen LogP contribution in [0.5, 0.6) is 0 Å². The van der Waals surface area contributed by atoms with E-state index >= 15 is 0 Å². The van der Waals surface area contributed by atoms with Gasteiger partial charge in [-0.1, -0.05) is 6.07 Å². The highest BCUT2D eigenvalue weighted by Crippen LogP contribution is 2.32. The monoisotopic (exact) mass is 389 g/mol. The number of thiophene rings is 1. The quantitative estimate of drug-likeness (QED) is 0.715. The minimum Gasteiger partial charge on any atom is -0.264 e. The molecule has 0 spiro atoms. The van der Waals surface area contributed by atoms with Gasteiger partial charge >= 0.3 is 0 Å². The zero-order chi connectivity index (χ0) is 19.2. The van der Waals surface area contributed by atoms with Gasteiger partial charge in [-0.05, 0) is 73.9 Å². The van der Waals surface area contributed by atoms with Gasteiger partial charge in [0.2, 0.25) is 0 Å². The third-order valence-electron chi connectivity index (χ3n) is 5.09. The van der Waals surface area contributed by atoms with E-state index in [1.165, 1.54) is 0 Å². The molecule has 0 saturated carbocycles. The van der Waals surface area contributed by atoms with Gasteiger partial charge in [0.25, 0.3) is 10.0 Å². The summed E-state index contributed by atoms with van der Waals surface area (Å²) < 4.78 is 30.6.